The summed E-state index contributed by atoms with van der Waals surface area (Å²) in [6, 6.07) is 2.74. The second-order valence-corrected chi connectivity index (χ2v) is 8.63. The molecule has 1 unspecified atom stereocenters. The Bertz CT molecular complexity index is 809. The maximum absolute atomic E-state index is 13.4. The molecular formula is C20H28N4O3S. The molecule has 7 nitrogen and oxygen atoms in total. The molecule has 3 rings (SSSR count). The Kier molecular flexibility index (Phi) is 6.17. The third-order valence-corrected chi connectivity index (χ3v) is 5.94. The number of aromatic nitrogens is 2. The zero-order valence-corrected chi connectivity index (χ0v) is 17.7. The zero-order chi connectivity index (χ0) is 20.3. The van der Waals surface area contributed by atoms with Crippen LogP contribution in [0.5, 0.6) is 0 Å². The van der Waals surface area contributed by atoms with Gasteiger partial charge in [0.15, 0.2) is 11.7 Å². The molecule has 28 heavy (non-hydrogen) atoms. The standard InChI is InChI=1S/C20H28N4O3S/c1-5-20(3,4)21-18(25)17(16-11-10-13(2)27-16)24(14-8-6-7-9-14)19(26)15-12-28-23-22-15/h10-12,14,17H,5-9H2,1-4H3,(H,21,25). The van der Waals surface area contributed by atoms with E-state index in [0.717, 1.165) is 43.6 Å². The Hall–Kier alpha value is -2.22. The summed E-state index contributed by atoms with van der Waals surface area (Å²) in [6.07, 6.45) is 4.58. The normalized spacial score (nSPS) is 16.1. The Morgan fingerprint density at radius 3 is 2.61 bits per heavy atom. The average Bonchev–Trinajstić information content (AvgIpc) is 3.40. The SMILES string of the molecule is CCC(C)(C)NC(=O)C(c1ccc(C)o1)N(C(=O)c1csnn1)C1CCCC1. The van der Waals surface area contributed by atoms with Crippen molar-refractivity contribution in [2.45, 2.75) is 77.4 Å². The van der Waals surface area contributed by atoms with Gasteiger partial charge in [0.2, 0.25) is 0 Å². The van der Waals surface area contributed by atoms with Gasteiger partial charge in [-0.1, -0.05) is 24.3 Å². The van der Waals surface area contributed by atoms with E-state index in [1.54, 1.807) is 16.3 Å². The Morgan fingerprint density at radius 2 is 2.07 bits per heavy atom. The second-order valence-electron chi connectivity index (χ2n) is 8.02. The van der Waals surface area contributed by atoms with Crippen molar-refractivity contribution in [1.29, 1.82) is 0 Å². The number of rotatable bonds is 7. The molecule has 0 aliphatic heterocycles. The van der Waals surface area contributed by atoms with Crippen LogP contribution >= 0.6 is 11.5 Å². The van der Waals surface area contributed by atoms with Gasteiger partial charge >= 0.3 is 0 Å². The van der Waals surface area contributed by atoms with Gasteiger partial charge in [0.1, 0.15) is 11.5 Å². The summed E-state index contributed by atoms with van der Waals surface area (Å²) in [7, 11) is 0. The van der Waals surface area contributed by atoms with E-state index in [1.807, 2.05) is 33.8 Å². The van der Waals surface area contributed by atoms with Crippen LogP contribution < -0.4 is 5.32 Å². The van der Waals surface area contributed by atoms with Crippen molar-refractivity contribution in [2.75, 3.05) is 0 Å². The van der Waals surface area contributed by atoms with E-state index in [2.05, 4.69) is 14.9 Å². The fourth-order valence-corrected chi connectivity index (χ4v) is 3.98. The van der Waals surface area contributed by atoms with Crippen LogP contribution in [0.2, 0.25) is 0 Å². The third-order valence-electron chi connectivity index (χ3n) is 5.43. The van der Waals surface area contributed by atoms with E-state index in [-0.39, 0.29) is 29.1 Å². The van der Waals surface area contributed by atoms with Crippen LogP contribution in [0.15, 0.2) is 21.9 Å². The summed E-state index contributed by atoms with van der Waals surface area (Å²) in [6.45, 7) is 7.80. The average molecular weight is 405 g/mol. The van der Waals surface area contributed by atoms with Crippen molar-refractivity contribution in [3.05, 3.63) is 34.7 Å². The van der Waals surface area contributed by atoms with Crippen LogP contribution in [-0.2, 0) is 4.79 Å². The van der Waals surface area contributed by atoms with Gasteiger partial charge in [-0.3, -0.25) is 9.59 Å². The van der Waals surface area contributed by atoms with Gasteiger partial charge in [-0.15, -0.1) is 5.10 Å². The molecule has 2 amide bonds. The maximum atomic E-state index is 13.4. The number of hydrogen-bond donors (Lipinski definition) is 1. The molecule has 0 radical (unpaired) electrons. The Morgan fingerprint density at radius 1 is 1.36 bits per heavy atom. The molecule has 0 aromatic carbocycles. The van der Waals surface area contributed by atoms with Crippen LogP contribution in [0.4, 0.5) is 0 Å². The largest absolute Gasteiger partial charge is 0.464 e. The van der Waals surface area contributed by atoms with E-state index in [0.29, 0.717) is 11.5 Å². The lowest BCUT2D eigenvalue weighted by Gasteiger charge is -2.36. The molecular weight excluding hydrogens is 376 g/mol. The summed E-state index contributed by atoms with van der Waals surface area (Å²) >= 11 is 1.13. The molecule has 1 aliphatic carbocycles. The van der Waals surface area contributed by atoms with Crippen LogP contribution in [0.3, 0.4) is 0 Å². The molecule has 0 saturated heterocycles. The third kappa shape index (κ3) is 4.43. The summed E-state index contributed by atoms with van der Waals surface area (Å²) in [5.41, 5.74) is -0.114. The van der Waals surface area contributed by atoms with Gasteiger partial charge in [-0.2, -0.15) is 0 Å². The highest BCUT2D eigenvalue weighted by Crippen LogP contribution is 2.34. The monoisotopic (exact) mass is 404 g/mol. The van der Waals surface area contributed by atoms with Crippen molar-refractivity contribution in [3.63, 3.8) is 0 Å². The Labute approximate surface area is 169 Å². The molecule has 2 aromatic rings. The molecule has 1 N–H and O–H groups in total. The first-order chi connectivity index (χ1) is 13.3. The molecule has 2 aromatic heterocycles. The maximum Gasteiger partial charge on any atom is 0.276 e. The Balaban J connectivity index is 2.02. The van der Waals surface area contributed by atoms with Crippen LogP contribution in [0.1, 0.15) is 80.9 Å². The number of carbonyl (C=O) groups excluding carboxylic acids is 2. The molecule has 8 heteroatoms. The minimum absolute atomic E-state index is 0.0277. The van der Waals surface area contributed by atoms with Gasteiger partial charge in [0.05, 0.1) is 0 Å². The van der Waals surface area contributed by atoms with Gasteiger partial charge in [0, 0.05) is 17.0 Å². The predicted octanol–water partition coefficient (Wildman–Crippen LogP) is 3.87. The van der Waals surface area contributed by atoms with Crippen molar-refractivity contribution in [3.8, 4) is 0 Å². The summed E-state index contributed by atoms with van der Waals surface area (Å²) in [5.74, 6) is 0.677. The summed E-state index contributed by atoms with van der Waals surface area (Å²) in [4.78, 5) is 28.4. The van der Waals surface area contributed by atoms with Crippen molar-refractivity contribution >= 4 is 23.3 Å². The van der Waals surface area contributed by atoms with Gasteiger partial charge in [0.25, 0.3) is 11.8 Å². The van der Waals surface area contributed by atoms with Crippen molar-refractivity contribution in [2.24, 2.45) is 0 Å². The lowest BCUT2D eigenvalue weighted by atomic mass is 10.00. The van der Waals surface area contributed by atoms with Gasteiger partial charge in [-0.05, 0) is 63.7 Å². The first-order valence-corrected chi connectivity index (χ1v) is 10.6. The second kappa shape index (κ2) is 8.43. The molecule has 1 saturated carbocycles. The molecule has 2 heterocycles. The first kappa shape index (κ1) is 20.5. The minimum Gasteiger partial charge on any atom is -0.464 e. The predicted molar refractivity (Wildman–Crippen MR) is 107 cm³/mol. The van der Waals surface area contributed by atoms with Crippen molar-refractivity contribution < 1.29 is 14.0 Å². The highest BCUT2D eigenvalue weighted by atomic mass is 32.1. The number of carbonyl (C=O) groups is 2. The van der Waals surface area contributed by atoms with E-state index >= 15 is 0 Å². The van der Waals surface area contributed by atoms with Crippen molar-refractivity contribution in [1.82, 2.24) is 19.8 Å². The number of furan rings is 1. The van der Waals surface area contributed by atoms with E-state index in [1.165, 1.54) is 0 Å². The molecule has 0 bridgehead atoms. The van der Waals surface area contributed by atoms with Crippen LogP contribution in [0.25, 0.3) is 0 Å². The van der Waals surface area contributed by atoms with Gasteiger partial charge in [-0.25, -0.2) is 0 Å². The lowest BCUT2D eigenvalue weighted by molar-refractivity contribution is -0.129. The molecule has 0 spiro atoms. The number of hydrogen-bond acceptors (Lipinski definition) is 6. The fourth-order valence-electron chi connectivity index (χ4n) is 3.55. The highest BCUT2D eigenvalue weighted by molar-refractivity contribution is 7.03. The van der Waals surface area contributed by atoms with E-state index in [9.17, 15) is 9.59 Å². The fraction of sp³-hybridized carbons (Fsp3) is 0.600. The topological polar surface area (TPSA) is 88.3 Å². The zero-order valence-electron chi connectivity index (χ0n) is 16.9. The summed E-state index contributed by atoms with van der Waals surface area (Å²) in [5, 5.41) is 8.67. The van der Waals surface area contributed by atoms with E-state index in [4.69, 9.17) is 4.42 Å². The smallest absolute Gasteiger partial charge is 0.276 e. The number of nitrogens with zero attached hydrogens (tertiary/aromatic N) is 3. The lowest BCUT2D eigenvalue weighted by Crippen LogP contribution is -2.52. The van der Waals surface area contributed by atoms with Crippen LogP contribution in [0, 0.1) is 6.92 Å². The first-order valence-electron chi connectivity index (χ1n) is 9.80. The number of nitrogens with one attached hydrogen (secondary N) is 1. The molecule has 1 atom stereocenters. The molecule has 152 valence electrons. The minimum atomic E-state index is -0.836. The van der Waals surface area contributed by atoms with E-state index < -0.39 is 6.04 Å². The van der Waals surface area contributed by atoms with Crippen LogP contribution in [-0.4, -0.2) is 37.9 Å². The number of amides is 2. The molecule has 1 aliphatic rings. The summed E-state index contributed by atoms with van der Waals surface area (Å²) < 4.78 is 9.66. The number of aryl methyl sites for hydroxylation is 1. The molecule has 1 fully saturated rings. The van der Waals surface area contributed by atoms with Gasteiger partial charge < -0.3 is 14.6 Å². The highest BCUT2D eigenvalue weighted by Gasteiger charge is 2.41. The quantitative estimate of drug-likeness (QED) is 0.757.